The molecule has 0 saturated heterocycles. The number of hydrogen-bond acceptors (Lipinski definition) is 3. The monoisotopic (exact) mass is 266 g/mol. The molecule has 1 aromatic carbocycles. The lowest BCUT2D eigenvalue weighted by Crippen LogP contribution is -2.16. The number of benzene rings is 1. The molecule has 0 unspecified atom stereocenters. The zero-order chi connectivity index (χ0) is 12.1. The lowest BCUT2D eigenvalue weighted by Gasteiger charge is -2.04. The number of nitrogens with one attached hydrogen (secondary N) is 1. The molecule has 1 aromatic heterocycles. The van der Waals surface area contributed by atoms with Gasteiger partial charge < -0.3 is 11.1 Å². The van der Waals surface area contributed by atoms with Crippen molar-refractivity contribution in [1.82, 2.24) is 5.32 Å². The third-order valence-electron chi connectivity index (χ3n) is 2.46. The van der Waals surface area contributed by atoms with E-state index in [0.717, 1.165) is 29.5 Å². The predicted molar refractivity (Wildman–Crippen MR) is 75.6 cm³/mol. The van der Waals surface area contributed by atoms with Gasteiger partial charge in [0.25, 0.3) is 0 Å². The van der Waals surface area contributed by atoms with Crippen LogP contribution in [0.4, 0.5) is 5.69 Å². The van der Waals surface area contributed by atoms with Crippen molar-refractivity contribution in [1.29, 1.82) is 0 Å². The fourth-order valence-electron chi connectivity index (χ4n) is 1.63. The van der Waals surface area contributed by atoms with Crippen LogP contribution >= 0.6 is 22.9 Å². The maximum atomic E-state index is 5.87. The molecule has 90 valence electrons. The van der Waals surface area contributed by atoms with Crippen LogP contribution in [0, 0.1) is 0 Å². The Morgan fingerprint density at radius 3 is 2.82 bits per heavy atom. The van der Waals surface area contributed by atoms with E-state index < -0.39 is 0 Å². The van der Waals surface area contributed by atoms with Gasteiger partial charge in [-0.1, -0.05) is 23.7 Å². The van der Waals surface area contributed by atoms with Gasteiger partial charge in [-0.2, -0.15) is 0 Å². The molecular weight excluding hydrogens is 252 g/mol. The smallest absolute Gasteiger partial charge is 0.0931 e. The van der Waals surface area contributed by atoms with E-state index in [0.29, 0.717) is 0 Å². The Hall–Kier alpha value is -1.03. The molecule has 2 aromatic rings. The van der Waals surface area contributed by atoms with Crippen molar-refractivity contribution in [3.05, 3.63) is 51.2 Å². The summed E-state index contributed by atoms with van der Waals surface area (Å²) in [5.41, 5.74) is 7.75. The largest absolute Gasteiger partial charge is 0.399 e. The molecule has 0 spiro atoms. The molecule has 2 rings (SSSR count). The minimum absolute atomic E-state index is 0.814. The SMILES string of the molecule is Nc1cccc(CNCCc2ccc(Cl)s2)c1. The van der Waals surface area contributed by atoms with E-state index in [9.17, 15) is 0 Å². The summed E-state index contributed by atoms with van der Waals surface area (Å²) in [7, 11) is 0. The van der Waals surface area contributed by atoms with E-state index in [1.54, 1.807) is 11.3 Å². The van der Waals surface area contributed by atoms with Gasteiger partial charge in [0, 0.05) is 23.7 Å². The fourth-order valence-corrected chi connectivity index (χ4v) is 2.72. The van der Waals surface area contributed by atoms with E-state index in [2.05, 4.69) is 17.4 Å². The average molecular weight is 267 g/mol. The maximum absolute atomic E-state index is 5.87. The summed E-state index contributed by atoms with van der Waals surface area (Å²) in [6.45, 7) is 1.80. The summed E-state index contributed by atoms with van der Waals surface area (Å²) in [6, 6.07) is 12.0. The number of nitrogen functional groups attached to an aromatic ring is 1. The van der Waals surface area contributed by atoms with Crippen LogP contribution in [0.2, 0.25) is 4.34 Å². The Kier molecular flexibility index (Phi) is 4.42. The van der Waals surface area contributed by atoms with Crippen molar-refractivity contribution in [3.63, 3.8) is 0 Å². The van der Waals surface area contributed by atoms with Crippen LogP contribution in [0.15, 0.2) is 36.4 Å². The molecular formula is C13H15ClN2S. The first-order chi connectivity index (χ1) is 8.24. The Balaban J connectivity index is 1.73. The van der Waals surface area contributed by atoms with Gasteiger partial charge in [0.05, 0.1) is 4.34 Å². The molecule has 0 saturated carbocycles. The average Bonchev–Trinajstić information content (AvgIpc) is 2.71. The summed E-state index contributed by atoms with van der Waals surface area (Å²) < 4.78 is 0.857. The predicted octanol–water partition coefficient (Wildman–Crippen LogP) is 3.32. The van der Waals surface area contributed by atoms with Crippen LogP contribution in [0.3, 0.4) is 0 Å². The van der Waals surface area contributed by atoms with Crippen LogP contribution in [-0.2, 0) is 13.0 Å². The van der Waals surface area contributed by atoms with Gasteiger partial charge >= 0.3 is 0 Å². The van der Waals surface area contributed by atoms with Crippen molar-refractivity contribution in [3.8, 4) is 0 Å². The zero-order valence-electron chi connectivity index (χ0n) is 9.45. The van der Waals surface area contributed by atoms with Gasteiger partial charge in [-0.3, -0.25) is 0 Å². The summed E-state index contributed by atoms with van der Waals surface area (Å²) in [4.78, 5) is 1.31. The van der Waals surface area contributed by atoms with Crippen molar-refractivity contribution < 1.29 is 0 Å². The number of hydrogen-bond donors (Lipinski definition) is 2. The highest BCUT2D eigenvalue weighted by atomic mass is 35.5. The van der Waals surface area contributed by atoms with E-state index in [-0.39, 0.29) is 0 Å². The zero-order valence-corrected chi connectivity index (χ0v) is 11.0. The molecule has 0 atom stereocenters. The van der Waals surface area contributed by atoms with E-state index in [1.807, 2.05) is 24.3 Å². The Bertz CT molecular complexity index is 482. The summed E-state index contributed by atoms with van der Waals surface area (Å²) in [5.74, 6) is 0. The van der Waals surface area contributed by atoms with Gasteiger partial charge in [-0.05, 0) is 36.2 Å². The summed E-state index contributed by atoms with van der Waals surface area (Å²) in [6.07, 6.45) is 1.01. The Labute approximate surface area is 110 Å². The number of anilines is 1. The van der Waals surface area contributed by atoms with Crippen molar-refractivity contribution in [2.75, 3.05) is 12.3 Å². The van der Waals surface area contributed by atoms with Crippen molar-refractivity contribution in [2.45, 2.75) is 13.0 Å². The molecule has 0 fully saturated rings. The number of nitrogens with two attached hydrogens (primary N) is 1. The van der Waals surface area contributed by atoms with Crippen LogP contribution in [0.25, 0.3) is 0 Å². The minimum atomic E-state index is 0.814. The van der Waals surface area contributed by atoms with Gasteiger partial charge in [-0.25, -0.2) is 0 Å². The van der Waals surface area contributed by atoms with Gasteiger partial charge in [-0.15, -0.1) is 11.3 Å². The van der Waals surface area contributed by atoms with E-state index in [4.69, 9.17) is 17.3 Å². The quantitative estimate of drug-likeness (QED) is 0.644. The van der Waals surface area contributed by atoms with Crippen LogP contribution < -0.4 is 11.1 Å². The first-order valence-corrected chi connectivity index (χ1v) is 6.73. The van der Waals surface area contributed by atoms with E-state index >= 15 is 0 Å². The molecule has 0 aliphatic carbocycles. The summed E-state index contributed by atoms with van der Waals surface area (Å²) >= 11 is 7.51. The summed E-state index contributed by atoms with van der Waals surface area (Å²) in [5, 5.41) is 3.39. The fraction of sp³-hybridized carbons (Fsp3) is 0.231. The molecule has 3 N–H and O–H groups in total. The highest BCUT2D eigenvalue weighted by Gasteiger charge is 1.98. The van der Waals surface area contributed by atoms with Crippen molar-refractivity contribution >= 4 is 28.6 Å². The van der Waals surface area contributed by atoms with Gasteiger partial charge in [0.15, 0.2) is 0 Å². The van der Waals surface area contributed by atoms with Crippen LogP contribution in [0.1, 0.15) is 10.4 Å². The molecule has 1 heterocycles. The van der Waals surface area contributed by atoms with E-state index in [1.165, 1.54) is 10.4 Å². The second-order valence-electron chi connectivity index (χ2n) is 3.88. The number of halogens is 1. The lowest BCUT2D eigenvalue weighted by molar-refractivity contribution is 0.691. The minimum Gasteiger partial charge on any atom is -0.399 e. The second-order valence-corrected chi connectivity index (χ2v) is 5.68. The molecule has 17 heavy (non-hydrogen) atoms. The number of rotatable bonds is 5. The molecule has 4 heteroatoms. The third-order valence-corrected chi connectivity index (χ3v) is 3.75. The maximum Gasteiger partial charge on any atom is 0.0931 e. The number of thiophene rings is 1. The van der Waals surface area contributed by atoms with Gasteiger partial charge in [0.2, 0.25) is 0 Å². The second kappa shape index (κ2) is 6.05. The van der Waals surface area contributed by atoms with Crippen LogP contribution in [-0.4, -0.2) is 6.54 Å². The standard InChI is InChI=1S/C13H15ClN2S/c14-13-5-4-12(17-13)6-7-16-9-10-2-1-3-11(15)8-10/h1-5,8,16H,6-7,9,15H2. The topological polar surface area (TPSA) is 38.0 Å². The molecule has 0 radical (unpaired) electrons. The highest BCUT2D eigenvalue weighted by molar-refractivity contribution is 7.16. The molecule has 0 aliphatic heterocycles. The lowest BCUT2D eigenvalue weighted by atomic mass is 10.2. The Morgan fingerprint density at radius 2 is 2.12 bits per heavy atom. The first kappa shape index (κ1) is 12.4. The molecule has 0 aliphatic rings. The van der Waals surface area contributed by atoms with Crippen LogP contribution in [0.5, 0.6) is 0 Å². The first-order valence-electron chi connectivity index (χ1n) is 5.53. The normalized spacial score (nSPS) is 10.6. The van der Waals surface area contributed by atoms with Gasteiger partial charge in [0.1, 0.15) is 0 Å². The molecule has 2 nitrogen and oxygen atoms in total. The highest BCUT2D eigenvalue weighted by Crippen LogP contribution is 2.21. The molecule has 0 bridgehead atoms. The third kappa shape index (κ3) is 4.04. The Morgan fingerprint density at radius 1 is 1.24 bits per heavy atom. The molecule has 0 amide bonds. The van der Waals surface area contributed by atoms with Crippen molar-refractivity contribution in [2.24, 2.45) is 0 Å².